The first-order valence-corrected chi connectivity index (χ1v) is 12.0. The molecule has 4 nitrogen and oxygen atoms in total. The highest BCUT2D eigenvalue weighted by Crippen LogP contribution is 2.33. The molecule has 0 amide bonds. The summed E-state index contributed by atoms with van der Waals surface area (Å²) in [6.45, 7) is 6.64. The predicted octanol–water partition coefficient (Wildman–Crippen LogP) is 7.56. The smallest absolute Gasteiger partial charge is 0.337 e. The fourth-order valence-electron chi connectivity index (χ4n) is 3.94. The monoisotopic (exact) mass is 517 g/mol. The van der Waals surface area contributed by atoms with Crippen molar-refractivity contribution in [2.75, 3.05) is 7.11 Å². The Labute approximate surface area is 209 Å². The molecule has 0 saturated carbocycles. The lowest BCUT2D eigenvalue weighted by molar-refractivity contribution is 0.0600. The van der Waals surface area contributed by atoms with Gasteiger partial charge in [-0.15, -0.1) is 0 Å². The Balaban J connectivity index is 1.68. The van der Waals surface area contributed by atoms with E-state index in [2.05, 4.69) is 66.1 Å². The van der Waals surface area contributed by atoms with Crippen molar-refractivity contribution >= 4 is 21.9 Å². The van der Waals surface area contributed by atoms with Crippen molar-refractivity contribution in [3.8, 4) is 11.3 Å². The van der Waals surface area contributed by atoms with E-state index >= 15 is 0 Å². The molecular formula is C29H28BrNO3. The van der Waals surface area contributed by atoms with Crippen molar-refractivity contribution in [1.82, 2.24) is 5.16 Å². The van der Waals surface area contributed by atoms with Gasteiger partial charge in [-0.2, -0.15) is 0 Å². The number of nitrogens with zero attached hydrogens (tertiary/aromatic N) is 1. The Morgan fingerprint density at radius 3 is 2.21 bits per heavy atom. The van der Waals surface area contributed by atoms with Gasteiger partial charge in [0.25, 0.3) is 0 Å². The maximum absolute atomic E-state index is 11.8. The second-order valence-electron chi connectivity index (χ2n) is 9.44. The highest BCUT2D eigenvalue weighted by molar-refractivity contribution is 9.10. The van der Waals surface area contributed by atoms with Crippen LogP contribution in [-0.4, -0.2) is 18.2 Å². The second-order valence-corrected chi connectivity index (χ2v) is 10.4. The minimum atomic E-state index is -0.337. The summed E-state index contributed by atoms with van der Waals surface area (Å²) in [7, 11) is 1.39. The Hall–Kier alpha value is -3.18. The van der Waals surface area contributed by atoms with Crippen molar-refractivity contribution in [1.29, 1.82) is 0 Å². The first-order valence-electron chi connectivity index (χ1n) is 11.2. The number of hydrogen-bond donors (Lipinski definition) is 0. The van der Waals surface area contributed by atoms with Crippen LogP contribution in [0.15, 0.2) is 87.9 Å². The molecule has 4 aromatic rings. The standard InChI is InChI=1S/C29H28BrNO3/c1-29(2,3)23-13-9-20(10-14-23)25(17-19-5-7-22(8-6-19)28(32)33-4)26-18-27(34-31-26)21-11-15-24(30)16-12-21/h5-16,18,25H,17H2,1-4H3. The molecule has 0 aliphatic heterocycles. The number of carbonyl (C=O) groups is 1. The van der Waals surface area contributed by atoms with E-state index in [4.69, 9.17) is 9.26 Å². The number of rotatable bonds is 6. The summed E-state index contributed by atoms with van der Waals surface area (Å²) in [6, 6.07) is 26.3. The SMILES string of the molecule is COC(=O)c1ccc(CC(c2ccc(C(C)(C)C)cc2)c2cc(-c3ccc(Br)cc3)on2)cc1. The summed E-state index contributed by atoms with van der Waals surface area (Å²) in [4.78, 5) is 11.8. The summed E-state index contributed by atoms with van der Waals surface area (Å²) in [5.41, 5.74) is 6.03. The van der Waals surface area contributed by atoms with Gasteiger partial charge in [-0.3, -0.25) is 0 Å². The predicted molar refractivity (Wildman–Crippen MR) is 138 cm³/mol. The van der Waals surface area contributed by atoms with Crippen LogP contribution in [0.25, 0.3) is 11.3 Å². The largest absolute Gasteiger partial charge is 0.465 e. The van der Waals surface area contributed by atoms with Crippen LogP contribution < -0.4 is 0 Å². The van der Waals surface area contributed by atoms with E-state index in [-0.39, 0.29) is 17.3 Å². The fourth-order valence-corrected chi connectivity index (χ4v) is 4.21. The van der Waals surface area contributed by atoms with Gasteiger partial charge in [0.15, 0.2) is 5.76 Å². The van der Waals surface area contributed by atoms with Crippen molar-refractivity contribution in [2.24, 2.45) is 0 Å². The van der Waals surface area contributed by atoms with E-state index in [1.807, 2.05) is 42.5 Å². The zero-order valence-corrected chi connectivity index (χ0v) is 21.4. The quantitative estimate of drug-likeness (QED) is 0.247. The molecule has 1 atom stereocenters. The Morgan fingerprint density at radius 2 is 1.62 bits per heavy atom. The van der Waals surface area contributed by atoms with Crippen LogP contribution in [0, 0.1) is 0 Å². The lowest BCUT2D eigenvalue weighted by Gasteiger charge is -2.21. The lowest BCUT2D eigenvalue weighted by Crippen LogP contribution is -2.12. The Bertz CT molecular complexity index is 1250. The van der Waals surface area contributed by atoms with Crippen molar-refractivity contribution in [3.63, 3.8) is 0 Å². The normalized spacial score (nSPS) is 12.4. The Kier molecular flexibility index (Phi) is 7.03. The van der Waals surface area contributed by atoms with Gasteiger partial charge in [0.2, 0.25) is 0 Å². The Morgan fingerprint density at radius 1 is 0.971 bits per heavy atom. The van der Waals surface area contributed by atoms with Gasteiger partial charge in [0.1, 0.15) is 0 Å². The number of ether oxygens (including phenoxy) is 1. The molecule has 3 aromatic carbocycles. The summed E-state index contributed by atoms with van der Waals surface area (Å²) in [6.07, 6.45) is 0.725. The molecule has 1 heterocycles. The van der Waals surface area contributed by atoms with Gasteiger partial charge in [-0.05, 0) is 52.8 Å². The average molecular weight is 518 g/mol. The number of carbonyl (C=O) groups excluding carboxylic acids is 1. The van der Waals surface area contributed by atoms with Crippen LogP contribution in [0.4, 0.5) is 0 Å². The van der Waals surface area contributed by atoms with Crippen molar-refractivity contribution < 1.29 is 14.1 Å². The van der Waals surface area contributed by atoms with E-state index in [1.165, 1.54) is 18.2 Å². The number of methoxy groups -OCH3 is 1. The van der Waals surface area contributed by atoms with Crippen LogP contribution in [0.1, 0.15) is 59.4 Å². The summed E-state index contributed by atoms with van der Waals surface area (Å²) in [5.74, 6) is 0.405. The zero-order chi connectivity index (χ0) is 24.3. The molecule has 0 spiro atoms. The molecule has 4 rings (SSSR count). The summed E-state index contributed by atoms with van der Waals surface area (Å²) in [5, 5.41) is 4.46. The molecule has 0 N–H and O–H groups in total. The molecule has 1 unspecified atom stereocenters. The minimum absolute atomic E-state index is 0.00550. The molecule has 5 heteroatoms. The molecule has 0 radical (unpaired) electrons. The van der Waals surface area contributed by atoms with Gasteiger partial charge in [0, 0.05) is 22.0 Å². The van der Waals surface area contributed by atoms with E-state index in [0.29, 0.717) is 5.56 Å². The summed E-state index contributed by atoms with van der Waals surface area (Å²) < 4.78 is 11.6. The fraction of sp³-hybridized carbons (Fsp3) is 0.241. The van der Waals surface area contributed by atoms with E-state index in [9.17, 15) is 4.79 Å². The van der Waals surface area contributed by atoms with Gasteiger partial charge in [-0.1, -0.05) is 90.4 Å². The van der Waals surface area contributed by atoms with Gasteiger partial charge in [0.05, 0.1) is 18.4 Å². The molecule has 0 aliphatic rings. The maximum Gasteiger partial charge on any atom is 0.337 e. The lowest BCUT2D eigenvalue weighted by atomic mass is 9.83. The highest BCUT2D eigenvalue weighted by Gasteiger charge is 2.22. The number of hydrogen-bond acceptors (Lipinski definition) is 4. The molecule has 0 aliphatic carbocycles. The van der Waals surface area contributed by atoms with Crippen LogP contribution in [0.3, 0.4) is 0 Å². The third-order valence-corrected chi connectivity index (χ3v) is 6.54. The zero-order valence-electron chi connectivity index (χ0n) is 19.8. The van der Waals surface area contributed by atoms with Crippen LogP contribution in [0.5, 0.6) is 0 Å². The first kappa shape index (κ1) is 24.0. The van der Waals surface area contributed by atoms with Gasteiger partial charge in [-0.25, -0.2) is 4.79 Å². The number of halogens is 1. The van der Waals surface area contributed by atoms with E-state index in [1.54, 1.807) is 12.1 Å². The molecular weight excluding hydrogens is 490 g/mol. The second kappa shape index (κ2) is 9.98. The number of benzene rings is 3. The third kappa shape index (κ3) is 5.48. The van der Waals surface area contributed by atoms with Crippen molar-refractivity contribution in [2.45, 2.75) is 38.5 Å². The molecule has 0 saturated heterocycles. The van der Waals surface area contributed by atoms with Gasteiger partial charge >= 0.3 is 5.97 Å². The molecule has 174 valence electrons. The first-order chi connectivity index (χ1) is 16.2. The third-order valence-electron chi connectivity index (χ3n) is 6.01. The van der Waals surface area contributed by atoms with Crippen LogP contribution in [0.2, 0.25) is 0 Å². The van der Waals surface area contributed by atoms with Crippen LogP contribution >= 0.6 is 15.9 Å². The average Bonchev–Trinajstić information content (AvgIpc) is 3.32. The van der Waals surface area contributed by atoms with Crippen LogP contribution in [-0.2, 0) is 16.6 Å². The van der Waals surface area contributed by atoms with Crippen molar-refractivity contribution in [3.05, 3.63) is 111 Å². The highest BCUT2D eigenvalue weighted by atomic mass is 79.9. The molecule has 1 aromatic heterocycles. The maximum atomic E-state index is 11.8. The van der Waals surface area contributed by atoms with E-state index < -0.39 is 0 Å². The number of aromatic nitrogens is 1. The summed E-state index contributed by atoms with van der Waals surface area (Å²) >= 11 is 3.48. The molecule has 34 heavy (non-hydrogen) atoms. The molecule has 0 bridgehead atoms. The topological polar surface area (TPSA) is 52.3 Å². The molecule has 0 fully saturated rings. The number of esters is 1. The van der Waals surface area contributed by atoms with E-state index in [0.717, 1.165) is 33.5 Å². The van der Waals surface area contributed by atoms with Gasteiger partial charge < -0.3 is 9.26 Å². The minimum Gasteiger partial charge on any atom is -0.465 e.